The molecule has 0 bridgehead atoms. The summed E-state index contributed by atoms with van der Waals surface area (Å²) in [5.74, 6) is 0.865. The zero-order valence-electron chi connectivity index (χ0n) is 17.4. The van der Waals surface area contributed by atoms with Crippen LogP contribution in [0.3, 0.4) is 0 Å². The minimum atomic E-state index is -0.533. The fourth-order valence-electron chi connectivity index (χ4n) is 2.82. The maximum Gasteiger partial charge on any atom is 0.242 e. The third kappa shape index (κ3) is 8.32. The van der Waals surface area contributed by atoms with Gasteiger partial charge in [0, 0.05) is 28.3 Å². The number of carbonyl (C=O) groups is 2. The van der Waals surface area contributed by atoms with Crippen LogP contribution in [0.5, 0.6) is 0 Å². The monoisotopic (exact) mass is 510 g/mol. The largest absolute Gasteiger partial charge is 0.354 e. The standard InChI is InChI=1S/C23H28BrClN2O2S/c1-3-4-13-26-23(29)17(2)27(14-18-5-9-20(24)10-6-18)22(28)16-30-15-19-7-11-21(25)12-8-19/h5-12,17H,3-4,13-16H2,1-2H3,(H,26,29). The number of amides is 2. The van der Waals surface area contributed by atoms with Gasteiger partial charge in [-0.3, -0.25) is 9.59 Å². The first-order chi connectivity index (χ1) is 14.4. The van der Waals surface area contributed by atoms with Gasteiger partial charge < -0.3 is 10.2 Å². The highest BCUT2D eigenvalue weighted by atomic mass is 79.9. The number of hydrogen-bond acceptors (Lipinski definition) is 3. The summed E-state index contributed by atoms with van der Waals surface area (Å²) >= 11 is 10.9. The van der Waals surface area contributed by atoms with Crippen LogP contribution >= 0.6 is 39.3 Å². The average Bonchev–Trinajstić information content (AvgIpc) is 2.74. The molecule has 162 valence electrons. The van der Waals surface area contributed by atoms with E-state index in [0.29, 0.717) is 29.6 Å². The molecule has 7 heteroatoms. The van der Waals surface area contributed by atoms with Crippen molar-refractivity contribution >= 4 is 51.1 Å². The number of halogens is 2. The van der Waals surface area contributed by atoms with Gasteiger partial charge in [-0.1, -0.05) is 65.1 Å². The molecule has 0 aliphatic carbocycles. The highest BCUT2D eigenvalue weighted by molar-refractivity contribution is 9.10. The minimum absolute atomic E-state index is 0.0463. The molecule has 0 spiro atoms. The predicted octanol–water partition coefficient (Wildman–Crippen LogP) is 5.67. The van der Waals surface area contributed by atoms with Crippen molar-refractivity contribution in [2.75, 3.05) is 12.3 Å². The molecule has 4 nitrogen and oxygen atoms in total. The minimum Gasteiger partial charge on any atom is -0.354 e. The Morgan fingerprint density at radius 1 is 1.10 bits per heavy atom. The number of hydrogen-bond donors (Lipinski definition) is 1. The van der Waals surface area contributed by atoms with Crippen molar-refractivity contribution in [2.24, 2.45) is 0 Å². The van der Waals surface area contributed by atoms with Gasteiger partial charge in [-0.2, -0.15) is 0 Å². The van der Waals surface area contributed by atoms with Crippen molar-refractivity contribution in [3.8, 4) is 0 Å². The van der Waals surface area contributed by atoms with Gasteiger partial charge in [0.15, 0.2) is 0 Å². The topological polar surface area (TPSA) is 49.4 Å². The lowest BCUT2D eigenvalue weighted by atomic mass is 10.1. The van der Waals surface area contributed by atoms with Gasteiger partial charge in [0.25, 0.3) is 0 Å². The molecule has 2 amide bonds. The lowest BCUT2D eigenvalue weighted by Gasteiger charge is -2.29. The van der Waals surface area contributed by atoms with Crippen LogP contribution in [-0.4, -0.2) is 35.1 Å². The molecule has 1 atom stereocenters. The number of rotatable bonds is 11. The van der Waals surface area contributed by atoms with E-state index in [9.17, 15) is 9.59 Å². The first-order valence-corrected chi connectivity index (χ1v) is 12.4. The molecular weight excluding hydrogens is 484 g/mol. The molecule has 0 radical (unpaired) electrons. The summed E-state index contributed by atoms with van der Waals surface area (Å²) in [6, 6.07) is 14.9. The maximum absolute atomic E-state index is 13.0. The third-order valence-electron chi connectivity index (χ3n) is 4.67. The summed E-state index contributed by atoms with van der Waals surface area (Å²) in [5, 5.41) is 3.64. The number of carbonyl (C=O) groups excluding carboxylic acids is 2. The molecule has 0 saturated carbocycles. The van der Waals surface area contributed by atoms with Crippen LogP contribution in [0, 0.1) is 0 Å². The maximum atomic E-state index is 13.0. The van der Waals surface area contributed by atoms with E-state index in [0.717, 1.165) is 28.4 Å². The molecule has 1 unspecified atom stereocenters. The normalized spacial score (nSPS) is 11.7. The predicted molar refractivity (Wildman–Crippen MR) is 130 cm³/mol. The van der Waals surface area contributed by atoms with E-state index in [1.807, 2.05) is 48.5 Å². The lowest BCUT2D eigenvalue weighted by Crippen LogP contribution is -2.48. The van der Waals surface area contributed by atoms with Gasteiger partial charge in [0.1, 0.15) is 6.04 Å². The molecular formula is C23H28BrClN2O2S. The van der Waals surface area contributed by atoms with E-state index < -0.39 is 6.04 Å². The number of unbranched alkanes of at least 4 members (excludes halogenated alkanes) is 1. The summed E-state index contributed by atoms with van der Waals surface area (Å²) in [5.41, 5.74) is 2.10. The van der Waals surface area contributed by atoms with Crippen LogP contribution in [-0.2, 0) is 21.9 Å². The van der Waals surface area contributed by atoms with Gasteiger partial charge >= 0.3 is 0 Å². The van der Waals surface area contributed by atoms with E-state index in [-0.39, 0.29) is 11.8 Å². The second-order valence-corrected chi connectivity index (χ2v) is 9.43. The molecule has 0 saturated heterocycles. The molecule has 0 aliphatic heterocycles. The van der Waals surface area contributed by atoms with Crippen LogP contribution in [0.15, 0.2) is 53.0 Å². The SMILES string of the molecule is CCCCNC(=O)C(C)N(Cc1ccc(Br)cc1)C(=O)CSCc1ccc(Cl)cc1. The Kier molecular flexibility index (Phi) is 10.8. The molecule has 2 aromatic carbocycles. The van der Waals surface area contributed by atoms with E-state index in [2.05, 4.69) is 28.2 Å². The van der Waals surface area contributed by atoms with Gasteiger partial charge in [0.05, 0.1) is 5.75 Å². The van der Waals surface area contributed by atoms with Gasteiger partial charge in [-0.05, 0) is 48.7 Å². The van der Waals surface area contributed by atoms with Crippen LogP contribution in [0.2, 0.25) is 5.02 Å². The van der Waals surface area contributed by atoms with Crippen molar-refractivity contribution in [3.63, 3.8) is 0 Å². The quantitative estimate of drug-likeness (QED) is 0.396. The van der Waals surface area contributed by atoms with Crippen LogP contribution in [0.4, 0.5) is 0 Å². The Hall–Kier alpha value is -1.50. The van der Waals surface area contributed by atoms with Crippen LogP contribution in [0.25, 0.3) is 0 Å². The molecule has 1 N–H and O–H groups in total. The molecule has 2 rings (SSSR count). The summed E-state index contributed by atoms with van der Waals surface area (Å²) in [4.78, 5) is 27.3. The fraction of sp³-hybridized carbons (Fsp3) is 0.391. The van der Waals surface area contributed by atoms with Gasteiger partial charge in [-0.15, -0.1) is 11.8 Å². The zero-order chi connectivity index (χ0) is 21.9. The summed E-state index contributed by atoms with van der Waals surface area (Å²) in [6.45, 7) is 4.90. The fourth-order valence-corrected chi connectivity index (χ4v) is 4.09. The van der Waals surface area contributed by atoms with Crippen molar-refractivity contribution in [3.05, 3.63) is 69.2 Å². The highest BCUT2D eigenvalue weighted by Crippen LogP contribution is 2.18. The summed E-state index contributed by atoms with van der Waals surface area (Å²) < 4.78 is 0.980. The molecule has 0 fully saturated rings. The van der Waals surface area contributed by atoms with Gasteiger partial charge in [0.2, 0.25) is 11.8 Å². The first-order valence-electron chi connectivity index (χ1n) is 10.0. The number of nitrogens with one attached hydrogen (secondary N) is 1. The van der Waals surface area contributed by atoms with Crippen LogP contribution in [0.1, 0.15) is 37.8 Å². The second-order valence-electron chi connectivity index (χ2n) is 7.09. The molecule has 0 aliphatic rings. The molecule has 0 heterocycles. The van der Waals surface area contributed by atoms with E-state index in [4.69, 9.17) is 11.6 Å². The first kappa shape index (κ1) is 24.8. The van der Waals surface area contributed by atoms with Crippen molar-refractivity contribution in [1.82, 2.24) is 10.2 Å². The molecule has 30 heavy (non-hydrogen) atoms. The third-order valence-corrected chi connectivity index (χ3v) is 6.44. The lowest BCUT2D eigenvalue weighted by molar-refractivity contribution is -0.138. The summed E-state index contributed by atoms with van der Waals surface area (Å²) in [7, 11) is 0. The Bertz CT molecular complexity index is 815. The van der Waals surface area contributed by atoms with E-state index >= 15 is 0 Å². The molecule has 2 aromatic rings. The molecule has 0 aromatic heterocycles. The Morgan fingerprint density at radius 2 is 1.73 bits per heavy atom. The van der Waals surface area contributed by atoms with Crippen molar-refractivity contribution < 1.29 is 9.59 Å². The number of nitrogens with zero attached hydrogens (tertiary/aromatic N) is 1. The van der Waals surface area contributed by atoms with Crippen LogP contribution < -0.4 is 5.32 Å². The Labute approximate surface area is 196 Å². The van der Waals surface area contributed by atoms with E-state index in [1.54, 1.807) is 11.8 Å². The van der Waals surface area contributed by atoms with Gasteiger partial charge in [-0.25, -0.2) is 0 Å². The Morgan fingerprint density at radius 3 is 2.37 bits per heavy atom. The Balaban J connectivity index is 2.02. The highest BCUT2D eigenvalue weighted by Gasteiger charge is 2.25. The average molecular weight is 512 g/mol. The smallest absolute Gasteiger partial charge is 0.242 e. The van der Waals surface area contributed by atoms with Crippen molar-refractivity contribution in [2.45, 2.75) is 45.0 Å². The van der Waals surface area contributed by atoms with E-state index in [1.165, 1.54) is 11.8 Å². The van der Waals surface area contributed by atoms with Crippen molar-refractivity contribution in [1.29, 1.82) is 0 Å². The zero-order valence-corrected chi connectivity index (χ0v) is 20.5. The summed E-state index contributed by atoms with van der Waals surface area (Å²) in [6.07, 6.45) is 1.94. The number of thioether (sulfide) groups is 1. The second kappa shape index (κ2) is 13.0. The number of benzene rings is 2.